The van der Waals surface area contributed by atoms with Crippen LogP contribution in [0.5, 0.6) is 0 Å². The molecule has 1 fully saturated rings. The highest BCUT2D eigenvalue weighted by Gasteiger charge is 2.33. The highest BCUT2D eigenvalue weighted by atomic mass is 32.2. The van der Waals surface area contributed by atoms with Crippen LogP contribution in [-0.4, -0.2) is 57.8 Å². The SMILES string of the molecule is NS(=O)(=O)c1ccc(C(=O)N[C@@H]2CCCN(c3ccnc(-c4cnc5cnc(C(F)(F)F)cn45)n3)C2)o1. The standard InChI is InChI=1S/C21H19F3N8O4S/c22-21(23,24)15-11-32-13(8-28-17(32)9-27-15)19-26-6-5-16(30-19)31-7-1-2-12(10-31)29-20(33)14-3-4-18(36-14)37(25,34)35/h3-6,8-9,11-12H,1-2,7,10H2,(H,29,33)(H2,25,34,35)/t12-/m1/s1. The van der Waals surface area contributed by atoms with Gasteiger partial charge in [-0.3, -0.25) is 9.20 Å². The second kappa shape index (κ2) is 9.11. The van der Waals surface area contributed by atoms with Gasteiger partial charge in [0.2, 0.25) is 5.09 Å². The second-order valence-corrected chi connectivity index (χ2v) is 9.80. The van der Waals surface area contributed by atoms with Crippen molar-refractivity contribution >= 4 is 27.4 Å². The van der Waals surface area contributed by atoms with Crippen molar-refractivity contribution in [3.63, 3.8) is 0 Å². The Morgan fingerprint density at radius 1 is 1.16 bits per heavy atom. The number of nitrogens with one attached hydrogen (secondary N) is 1. The van der Waals surface area contributed by atoms with Crippen LogP contribution in [0.4, 0.5) is 19.0 Å². The molecule has 0 bridgehead atoms. The molecule has 0 unspecified atom stereocenters. The molecular weight excluding hydrogens is 517 g/mol. The smallest absolute Gasteiger partial charge is 0.434 e. The Labute approximate surface area is 207 Å². The van der Waals surface area contributed by atoms with E-state index < -0.39 is 32.9 Å². The third-order valence-electron chi connectivity index (χ3n) is 5.72. The van der Waals surface area contributed by atoms with Gasteiger partial charge in [0, 0.05) is 31.5 Å². The van der Waals surface area contributed by atoms with E-state index in [-0.39, 0.29) is 29.0 Å². The van der Waals surface area contributed by atoms with Crippen LogP contribution in [0.25, 0.3) is 17.2 Å². The normalized spacial score (nSPS) is 16.8. The first-order valence-corrected chi connectivity index (χ1v) is 12.5. The van der Waals surface area contributed by atoms with E-state index in [9.17, 15) is 26.4 Å². The molecular formula is C21H19F3N8O4S. The highest BCUT2D eigenvalue weighted by Crippen LogP contribution is 2.29. The van der Waals surface area contributed by atoms with E-state index in [0.717, 1.165) is 18.5 Å². The van der Waals surface area contributed by atoms with Gasteiger partial charge in [0.15, 0.2) is 22.9 Å². The quantitative estimate of drug-likeness (QED) is 0.388. The Hall–Kier alpha value is -4.05. The van der Waals surface area contributed by atoms with Gasteiger partial charge in [0.1, 0.15) is 11.5 Å². The fourth-order valence-electron chi connectivity index (χ4n) is 4.00. The van der Waals surface area contributed by atoms with Crippen molar-refractivity contribution in [2.24, 2.45) is 5.14 Å². The minimum Gasteiger partial charge on any atom is -0.438 e. The fraction of sp³-hybridized carbons (Fsp3) is 0.286. The molecule has 194 valence electrons. The minimum absolute atomic E-state index is 0.168. The number of imidazole rings is 1. The number of nitrogens with zero attached hydrogens (tertiary/aromatic N) is 6. The molecule has 5 heterocycles. The largest absolute Gasteiger partial charge is 0.438 e. The zero-order chi connectivity index (χ0) is 26.4. The van der Waals surface area contributed by atoms with E-state index in [2.05, 4.69) is 25.3 Å². The first-order chi connectivity index (χ1) is 17.5. The topological polar surface area (TPSA) is 162 Å². The maximum absolute atomic E-state index is 13.1. The Kier molecular flexibility index (Phi) is 6.07. The summed E-state index contributed by atoms with van der Waals surface area (Å²) in [5.41, 5.74) is -0.603. The molecule has 4 aromatic heterocycles. The number of carbonyl (C=O) groups excluding carboxylic acids is 1. The Balaban J connectivity index is 1.34. The third kappa shape index (κ3) is 5.10. The number of fused-ring (bicyclic) bond motifs is 1. The van der Waals surface area contributed by atoms with Gasteiger partial charge >= 0.3 is 6.18 Å². The summed E-state index contributed by atoms with van der Waals surface area (Å²) in [7, 11) is -4.07. The molecule has 1 amide bonds. The monoisotopic (exact) mass is 536 g/mol. The van der Waals surface area contributed by atoms with Gasteiger partial charge < -0.3 is 14.6 Å². The second-order valence-electron chi connectivity index (χ2n) is 8.30. The first-order valence-electron chi connectivity index (χ1n) is 10.9. The van der Waals surface area contributed by atoms with Gasteiger partial charge in [0.25, 0.3) is 15.9 Å². The first kappa shape index (κ1) is 24.6. The molecule has 0 aromatic carbocycles. The van der Waals surface area contributed by atoms with Crippen LogP contribution in [-0.2, 0) is 16.2 Å². The van der Waals surface area contributed by atoms with Crippen LogP contribution < -0.4 is 15.4 Å². The molecule has 12 nitrogen and oxygen atoms in total. The predicted molar refractivity (Wildman–Crippen MR) is 122 cm³/mol. The number of carbonyl (C=O) groups is 1. The number of halogens is 3. The van der Waals surface area contributed by atoms with E-state index >= 15 is 0 Å². The summed E-state index contributed by atoms with van der Waals surface area (Å²) in [6, 6.07) is 3.68. The van der Waals surface area contributed by atoms with E-state index in [0.29, 0.717) is 31.7 Å². The molecule has 16 heteroatoms. The summed E-state index contributed by atoms with van der Waals surface area (Å²) in [6.07, 6.45) is 1.47. The number of hydrogen-bond acceptors (Lipinski definition) is 9. The summed E-state index contributed by atoms with van der Waals surface area (Å²) in [4.78, 5) is 30.7. The molecule has 4 aromatic rings. The maximum Gasteiger partial charge on any atom is 0.434 e. The lowest BCUT2D eigenvalue weighted by atomic mass is 10.1. The van der Waals surface area contributed by atoms with Gasteiger partial charge in [-0.15, -0.1) is 0 Å². The van der Waals surface area contributed by atoms with Crippen molar-refractivity contribution in [2.75, 3.05) is 18.0 Å². The molecule has 37 heavy (non-hydrogen) atoms. The van der Waals surface area contributed by atoms with Crippen LogP contribution in [0.1, 0.15) is 29.1 Å². The Bertz CT molecular complexity index is 1580. The van der Waals surface area contributed by atoms with Crippen molar-refractivity contribution in [1.29, 1.82) is 0 Å². The number of furan rings is 1. The molecule has 0 spiro atoms. The van der Waals surface area contributed by atoms with Crippen LogP contribution in [0.15, 0.2) is 52.5 Å². The van der Waals surface area contributed by atoms with Crippen LogP contribution in [0, 0.1) is 0 Å². The number of sulfonamides is 1. The number of primary sulfonamides is 1. The molecule has 5 rings (SSSR count). The van der Waals surface area contributed by atoms with Gasteiger partial charge in [-0.2, -0.15) is 13.2 Å². The minimum atomic E-state index is -4.62. The van der Waals surface area contributed by atoms with Crippen LogP contribution in [0.3, 0.4) is 0 Å². The lowest BCUT2D eigenvalue weighted by Gasteiger charge is -2.33. The zero-order valence-corrected chi connectivity index (χ0v) is 19.7. The molecule has 1 atom stereocenters. The molecule has 1 aliphatic rings. The van der Waals surface area contributed by atoms with Crippen LogP contribution in [0.2, 0.25) is 0 Å². The van der Waals surface area contributed by atoms with Gasteiger partial charge in [-0.05, 0) is 31.0 Å². The summed E-state index contributed by atoms with van der Waals surface area (Å²) >= 11 is 0. The molecule has 0 radical (unpaired) electrons. The Morgan fingerprint density at radius 3 is 2.70 bits per heavy atom. The van der Waals surface area contributed by atoms with Crippen molar-refractivity contribution < 1.29 is 30.8 Å². The van der Waals surface area contributed by atoms with Crippen molar-refractivity contribution in [3.05, 3.63) is 54.4 Å². The van der Waals surface area contributed by atoms with Crippen LogP contribution >= 0.6 is 0 Å². The predicted octanol–water partition coefficient (Wildman–Crippen LogP) is 1.84. The summed E-state index contributed by atoms with van der Waals surface area (Å²) in [6.45, 7) is 0.995. The average Bonchev–Trinajstić information content (AvgIpc) is 3.51. The third-order valence-corrected chi connectivity index (χ3v) is 6.50. The molecule has 0 aliphatic carbocycles. The number of piperidine rings is 1. The number of aromatic nitrogens is 5. The summed E-state index contributed by atoms with van der Waals surface area (Å²) in [5.74, 6) is -0.101. The van der Waals surface area contributed by atoms with Crippen molar-refractivity contribution in [3.8, 4) is 11.5 Å². The van der Waals surface area contributed by atoms with E-state index in [1.165, 1.54) is 22.9 Å². The van der Waals surface area contributed by atoms with Gasteiger partial charge in [-0.1, -0.05) is 0 Å². The number of amides is 1. The van der Waals surface area contributed by atoms with Crippen molar-refractivity contribution in [2.45, 2.75) is 30.2 Å². The van der Waals surface area contributed by atoms with Crippen molar-refractivity contribution in [1.82, 2.24) is 29.7 Å². The zero-order valence-electron chi connectivity index (χ0n) is 18.9. The van der Waals surface area contributed by atoms with E-state index in [4.69, 9.17) is 9.56 Å². The Morgan fingerprint density at radius 2 is 1.97 bits per heavy atom. The van der Waals surface area contributed by atoms with E-state index in [1.54, 1.807) is 6.07 Å². The average molecular weight is 536 g/mol. The summed E-state index contributed by atoms with van der Waals surface area (Å²) < 4.78 is 68.5. The van der Waals surface area contributed by atoms with Gasteiger partial charge in [-0.25, -0.2) is 33.5 Å². The van der Waals surface area contributed by atoms with Gasteiger partial charge in [0.05, 0.1) is 12.4 Å². The lowest BCUT2D eigenvalue weighted by Crippen LogP contribution is -2.48. The number of anilines is 1. The molecule has 1 saturated heterocycles. The number of hydrogen-bond donors (Lipinski definition) is 2. The number of rotatable bonds is 5. The number of nitrogens with two attached hydrogens (primary N) is 1. The fourth-order valence-corrected chi connectivity index (χ4v) is 4.47. The lowest BCUT2D eigenvalue weighted by molar-refractivity contribution is -0.141. The molecule has 0 saturated carbocycles. The summed E-state index contributed by atoms with van der Waals surface area (Å²) in [5, 5.41) is 7.30. The van der Waals surface area contributed by atoms with E-state index in [1.807, 2.05) is 4.90 Å². The molecule has 3 N–H and O–H groups in total. The maximum atomic E-state index is 13.1. The highest BCUT2D eigenvalue weighted by molar-refractivity contribution is 7.89. The molecule has 1 aliphatic heterocycles. The number of alkyl halides is 3.